The van der Waals surface area contributed by atoms with Crippen molar-refractivity contribution in [3.05, 3.63) is 89.2 Å². The van der Waals surface area contributed by atoms with Gasteiger partial charge < -0.3 is 9.52 Å². The van der Waals surface area contributed by atoms with Crippen LogP contribution in [0.15, 0.2) is 71.1 Å². The van der Waals surface area contributed by atoms with E-state index in [1.165, 1.54) is 28.4 Å². The van der Waals surface area contributed by atoms with Crippen molar-refractivity contribution >= 4 is 55.1 Å². The molecule has 0 spiro atoms. The minimum absolute atomic E-state index is 0.0174. The number of phenolic OH excluding ortho intramolecular Hbond substituents is 1. The number of amides is 1. The maximum absolute atomic E-state index is 13.7. The number of fused-ring (bicyclic) bond motifs is 2. The van der Waals surface area contributed by atoms with Crippen LogP contribution in [0.25, 0.3) is 21.2 Å². The number of anilines is 1. The maximum Gasteiger partial charge on any atom is 0.297 e. The van der Waals surface area contributed by atoms with Gasteiger partial charge in [0, 0.05) is 5.39 Å². The molecule has 36 heavy (non-hydrogen) atoms. The molecule has 2 atom stereocenters. The van der Waals surface area contributed by atoms with Crippen LogP contribution < -0.4 is 4.90 Å². The Bertz CT molecular complexity index is 1670. The highest BCUT2D eigenvalue weighted by molar-refractivity contribution is 7.22. The molecule has 0 saturated carbocycles. The molecule has 2 aromatic heterocycles. The molecule has 1 aliphatic heterocycles. The first-order valence-corrected chi connectivity index (χ1v) is 12.2. The second kappa shape index (κ2) is 8.13. The number of phenols is 1. The molecule has 2 unspecified atom stereocenters. The standard InChI is InChI=1S/C28H20N2O5S/c1-14-11-15(2)23-21(12-14)36-28(29-23)30-24(16-7-9-18(31)10-8-16)22(26(33)27(30)34)25(32)20-13-17-5-3-4-6-19(17)35-20/h3-13,22,24,31H,1-2H3. The van der Waals surface area contributed by atoms with Crippen LogP contribution in [0.2, 0.25) is 0 Å². The van der Waals surface area contributed by atoms with Crippen molar-refractivity contribution in [1.29, 1.82) is 0 Å². The fraction of sp³-hybridized carbons (Fsp3) is 0.143. The molecule has 1 N–H and O–H groups in total. The minimum Gasteiger partial charge on any atom is -0.508 e. The zero-order chi connectivity index (χ0) is 25.1. The van der Waals surface area contributed by atoms with Gasteiger partial charge in [0.25, 0.3) is 5.91 Å². The molecule has 178 valence electrons. The van der Waals surface area contributed by atoms with E-state index in [1.54, 1.807) is 30.3 Å². The van der Waals surface area contributed by atoms with Crippen LogP contribution in [0.1, 0.15) is 33.3 Å². The highest BCUT2D eigenvalue weighted by atomic mass is 32.1. The second-order valence-electron chi connectivity index (χ2n) is 8.99. The Morgan fingerprint density at radius 1 is 1.03 bits per heavy atom. The van der Waals surface area contributed by atoms with Gasteiger partial charge in [0.2, 0.25) is 11.6 Å². The number of furan rings is 1. The van der Waals surface area contributed by atoms with Gasteiger partial charge in [0.05, 0.1) is 16.3 Å². The minimum atomic E-state index is -1.32. The second-order valence-corrected chi connectivity index (χ2v) is 10.0. The fourth-order valence-electron chi connectivity index (χ4n) is 4.87. The van der Waals surface area contributed by atoms with E-state index in [4.69, 9.17) is 9.40 Å². The van der Waals surface area contributed by atoms with Crippen molar-refractivity contribution in [1.82, 2.24) is 4.98 Å². The number of aryl methyl sites for hydroxylation is 2. The van der Waals surface area contributed by atoms with Crippen LogP contribution in [0.5, 0.6) is 5.75 Å². The van der Waals surface area contributed by atoms with Gasteiger partial charge in [-0.15, -0.1) is 0 Å². The van der Waals surface area contributed by atoms with Crippen molar-refractivity contribution in [3.63, 3.8) is 0 Å². The average Bonchev–Trinajstić information content (AvgIpc) is 3.54. The Morgan fingerprint density at radius 3 is 2.53 bits per heavy atom. The van der Waals surface area contributed by atoms with Crippen LogP contribution in [0.4, 0.5) is 5.13 Å². The third-order valence-corrected chi connectivity index (χ3v) is 7.52. The van der Waals surface area contributed by atoms with Crippen LogP contribution in [-0.4, -0.2) is 27.6 Å². The van der Waals surface area contributed by atoms with E-state index in [-0.39, 0.29) is 11.5 Å². The molecule has 5 aromatic rings. The lowest BCUT2D eigenvalue weighted by Crippen LogP contribution is -2.30. The first-order chi connectivity index (χ1) is 17.3. The van der Waals surface area contributed by atoms with Gasteiger partial charge in [-0.2, -0.15) is 0 Å². The highest BCUT2D eigenvalue weighted by Gasteiger charge is 2.54. The molecular formula is C28H20N2O5S. The van der Waals surface area contributed by atoms with E-state index in [1.807, 2.05) is 38.1 Å². The van der Waals surface area contributed by atoms with Gasteiger partial charge in [-0.05, 0) is 60.9 Å². The number of nitrogens with zero attached hydrogens (tertiary/aromatic N) is 2. The lowest BCUT2D eigenvalue weighted by molar-refractivity contribution is -0.135. The molecule has 1 fully saturated rings. The molecule has 7 nitrogen and oxygen atoms in total. The number of aromatic hydroxyl groups is 1. The van der Waals surface area contributed by atoms with Crippen molar-refractivity contribution < 1.29 is 23.9 Å². The number of ketones is 2. The van der Waals surface area contributed by atoms with E-state index in [0.29, 0.717) is 16.3 Å². The predicted molar refractivity (Wildman–Crippen MR) is 136 cm³/mol. The Kier molecular flexibility index (Phi) is 5.01. The lowest BCUT2D eigenvalue weighted by atomic mass is 9.88. The number of aromatic nitrogens is 1. The van der Waals surface area contributed by atoms with Gasteiger partial charge in [0.15, 0.2) is 10.9 Å². The summed E-state index contributed by atoms with van der Waals surface area (Å²) in [6.45, 7) is 3.93. The Balaban J connectivity index is 1.51. The largest absolute Gasteiger partial charge is 0.508 e. The average molecular weight is 497 g/mol. The van der Waals surface area contributed by atoms with Crippen molar-refractivity contribution in [2.75, 3.05) is 4.90 Å². The third kappa shape index (κ3) is 3.41. The first-order valence-electron chi connectivity index (χ1n) is 11.4. The Morgan fingerprint density at radius 2 is 1.78 bits per heavy atom. The molecule has 8 heteroatoms. The van der Waals surface area contributed by atoms with Crippen molar-refractivity contribution in [2.24, 2.45) is 5.92 Å². The normalized spacial score (nSPS) is 18.0. The first kappa shape index (κ1) is 22.2. The number of carbonyl (C=O) groups excluding carboxylic acids is 3. The molecular weight excluding hydrogens is 476 g/mol. The van der Waals surface area contributed by atoms with Crippen LogP contribution >= 0.6 is 11.3 Å². The SMILES string of the molecule is Cc1cc(C)c2nc(N3C(=O)C(=O)C(C(=O)c4cc5ccccc5o4)C3c3ccc(O)cc3)sc2c1. The number of hydrogen-bond acceptors (Lipinski definition) is 7. The van der Waals surface area contributed by atoms with Gasteiger partial charge in [-0.3, -0.25) is 19.3 Å². The third-order valence-electron chi connectivity index (χ3n) is 6.52. The van der Waals surface area contributed by atoms with Crippen LogP contribution in [0.3, 0.4) is 0 Å². The smallest absolute Gasteiger partial charge is 0.297 e. The summed E-state index contributed by atoms with van der Waals surface area (Å²) in [5, 5.41) is 10.9. The van der Waals surface area contributed by atoms with Gasteiger partial charge in [-0.1, -0.05) is 47.7 Å². The summed E-state index contributed by atoms with van der Waals surface area (Å²) in [6.07, 6.45) is 0. The van der Waals surface area contributed by atoms with Crippen molar-refractivity contribution in [3.8, 4) is 5.75 Å². The lowest BCUT2D eigenvalue weighted by Gasteiger charge is -2.24. The van der Waals surface area contributed by atoms with Gasteiger partial charge in [-0.25, -0.2) is 4.98 Å². The van der Waals surface area contributed by atoms with E-state index in [9.17, 15) is 19.5 Å². The topological polar surface area (TPSA) is 101 Å². The van der Waals surface area contributed by atoms with E-state index >= 15 is 0 Å². The fourth-order valence-corrected chi connectivity index (χ4v) is 6.05. The molecule has 1 aliphatic rings. The molecule has 0 radical (unpaired) electrons. The molecule has 1 amide bonds. The molecule has 3 heterocycles. The van der Waals surface area contributed by atoms with Crippen molar-refractivity contribution in [2.45, 2.75) is 19.9 Å². The van der Waals surface area contributed by atoms with Gasteiger partial charge >= 0.3 is 0 Å². The summed E-state index contributed by atoms with van der Waals surface area (Å²) in [4.78, 5) is 46.5. The zero-order valence-corrected chi connectivity index (χ0v) is 20.2. The monoisotopic (exact) mass is 496 g/mol. The van der Waals surface area contributed by atoms with Crippen LogP contribution in [0, 0.1) is 19.8 Å². The molecule has 3 aromatic carbocycles. The number of benzene rings is 3. The number of para-hydroxylation sites is 1. The summed E-state index contributed by atoms with van der Waals surface area (Å²) < 4.78 is 6.65. The molecule has 6 rings (SSSR count). The summed E-state index contributed by atoms with van der Waals surface area (Å²) in [6, 6.07) is 18.0. The number of Topliss-reactive ketones (excluding diaryl/α,β-unsaturated/α-hetero) is 2. The molecule has 0 bridgehead atoms. The van der Waals surface area contributed by atoms with Gasteiger partial charge in [0.1, 0.15) is 17.3 Å². The molecule has 1 saturated heterocycles. The van der Waals surface area contributed by atoms with E-state index < -0.39 is 29.4 Å². The Hall–Kier alpha value is -4.30. The van der Waals surface area contributed by atoms with E-state index in [0.717, 1.165) is 26.7 Å². The summed E-state index contributed by atoms with van der Waals surface area (Å²) in [5.74, 6) is -3.45. The Labute approximate surface area is 209 Å². The zero-order valence-electron chi connectivity index (χ0n) is 19.4. The number of hydrogen-bond donors (Lipinski definition) is 1. The number of rotatable bonds is 4. The summed E-state index contributed by atoms with van der Waals surface area (Å²) >= 11 is 1.30. The summed E-state index contributed by atoms with van der Waals surface area (Å²) in [5.41, 5.74) is 3.83. The quantitative estimate of drug-likeness (QED) is 0.200. The summed E-state index contributed by atoms with van der Waals surface area (Å²) in [7, 11) is 0. The number of carbonyl (C=O) groups is 3. The maximum atomic E-state index is 13.7. The predicted octanol–water partition coefficient (Wildman–Crippen LogP) is 5.52. The highest BCUT2D eigenvalue weighted by Crippen LogP contribution is 2.44. The molecule has 0 aliphatic carbocycles. The van der Waals surface area contributed by atoms with Crippen LogP contribution in [-0.2, 0) is 9.59 Å². The van der Waals surface area contributed by atoms with E-state index in [2.05, 4.69) is 0 Å². The number of thiazole rings is 1.